The van der Waals surface area contributed by atoms with Crippen LogP contribution in [0.25, 0.3) is 0 Å². The zero-order valence-electron chi connectivity index (χ0n) is 16.6. The lowest BCUT2D eigenvalue weighted by atomic mass is 9.92. The van der Waals surface area contributed by atoms with Crippen molar-refractivity contribution in [1.82, 2.24) is 5.32 Å². The fraction of sp³-hybridized carbons (Fsp3) is 0.200. The Kier molecular flexibility index (Phi) is 3.81. The van der Waals surface area contributed by atoms with E-state index in [4.69, 9.17) is 0 Å². The number of Topliss-reactive ketones (excluding diaryl/α,β-unsaturated/α-hetero) is 1. The molecule has 6 heteroatoms. The van der Waals surface area contributed by atoms with Crippen LogP contribution in [0, 0.1) is 0 Å². The molecule has 3 aliphatic rings. The topological polar surface area (TPSA) is 80.3 Å². The first-order valence-electron chi connectivity index (χ1n) is 10.3. The largest absolute Gasteiger partial charge is 0.348 e. The SMILES string of the molecule is O=C1NCc2cc(C3Cc4cc(C5Cc6ccccc6S5(=O)=O)ccc4C3=O)ccc21. The van der Waals surface area contributed by atoms with Crippen LogP contribution in [0.2, 0.25) is 0 Å². The Hall–Kier alpha value is -3.25. The zero-order valence-corrected chi connectivity index (χ0v) is 17.4. The Balaban J connectivity index is 1.34. The van der Waals surface area contributed by atoms with E-state index < -0.39 is 15.1 Å². The van der Waals surface area contributed by atoms with Gasteiger partial charge in [-0.15, -0.1) is 0 Å². The van der Waals surface area contributed by atoms with Gasteiger partial charge in [-0.3, -0.25) is 9.59 Å². The predicted octanol–water partition coefficient (Wildman–Crippen LogP) is 3.52. The molecule has 2 aliphatic heterocycles. The van der Waals surface area contributed by atoms with E-state index >= 15 is 0 Å². The molecule has 154 valence electrons. The van der Waals surface area contributed by atoms with Gasteiger partial charge in [0.2, 0.25) is 0 Å². The van der Waals surface area contributed by atoms with Crippen molar-refractivity contribution in [3.63, 3.8) is 0 Å². The van der Waals surface area contributed by atoms with Crippen molar-refractivity contribution in [1.29, 1.82) is 0 Å². The van der Waals surface area contributed by atoms with Crippen molar-refractivity contribution < 1.29 is 18.0 Å². The first-order valence-corrected chi connectivity index (χ1v) is 11.9. The van der Waals surface area contributed by atoms with E-state index in [-0.39, 0.29) is 17.6 Å². The number of amides is 1. The number of carbonyl (C=O) groups is 2. The van der Waals surface area contributed by atoms with E-state index in [0.717, 1.165) is 27.8 Å². The standard InChI is InChI=1S/C25H19NO4S/c27-24-19-7-6-16(23-12-15-3-1-2-4-22(15)31(23,29)30)10-17(19)11-21(24)14-5-8-20-18(9-14)13-26-25(20)28/h1-10,21,23H,11-13H2,(H,26,28). The third-order valence-corrected chi connectivity index (χ3v) is 8.98. The van der Waals surface area contributed by atoms with Gasteiger partial charge in [-0.05, 0) is 52.8 Å². The summed E-state index contributed by atoms with van der Waals surface area (Å²) in [4.78, 5) is 25.3. The molecule has 1 N–H and O–H groups in total. The van der Waals surface area contributed by atoms with Crippen LogP contribution in [0.1, 0.15) is 59.7 Å². The average molecular weight is 429 g/mol. The highest BCUT2D eigenvalue weighted by atomic mass is 32.2. The van der Waals surface area contributed by atoms with Gasteiger partial charge >= 0.3 is 0 Å². The molecule has 31 heavy (non-hydrogen) atoms. The average Bonchev–Trinajstić information content (AvgIpc) is 3.39. The van der Waals surface area contributed by atoms with Gasteiger partial charge in [-0.1, -0.05) is 48.5 Å². The van der Waals surface area contributed by atoms with Crippen LogP contribution >= 0.6 is 0 Å². The van der Waals surface area contributed by atoms with Crippen molar-refractivity contribution in [3.8, 4) is 0 Å². The maximum absolute atomic E-state index is 13.1. The maximum Gasteiger partial charge on any atom is 0.251 e. The molecule has 1 aliphatic carbocycles. The van der Waals surface area contributed by atoms with Crippen LogP contribution in [0.4, 0.5) is 0 Å². The Morgan fingerprint density at radius 1 is 0.774 bits per heavy atom. The van der Waals surface area contributed by atoms with Gasteiger partial charge in [0.05, 0.1) is 16.1 Å². The van der Waals surface area contributed by atoms with Crippen LogP contribution in [0.5, 0.6) is 0 Å². The Bertz CT molecular complexity index is 1410. The molecule has 1 amide bonds. The van der Waals surface area contributed by atoms with Crippen LogP contribution in [-0.2, 0) is 29.2 Å². The lowest BCUT2D eigenvalue weighted by Crippen LogP contribution is -2.12. The summed E-state index contributed by atoms with van der Waals surface area (Å²) in [6.07, 6.45) is 1.00. The lowest BCUT2D eigenvalue weighted by Gasteiger charge is -2.11. The second-order valence-corrected chi connectivity index (χ2v) is 10.6. The maximum atomic E-state index is 13.1. The summed E-state index contributed by atoms with van der Waals surface area (Å²) in [7, 11) is -3.43. The highest BCUT2D eigenvalue weighted by Gasteiger charge is 2.39. The van der Waals surface area contributed by atoms with E-state index in [2.05, 4.69) is 5.32 Å². The number of ketones is 1. The Labute approximate surface area is 180 Å². The summed E-state index contributed by atoms with van der Waals surface area (Å²) in [5.74, 6) is -0.328. The van der Waals surface area contributed by atoms with Crippen molar-refractivity contribution in [2.24, 2.45) is 0 Å². The summed E-state index contributed by atoms with van der Waals surface area (Å²) in [5, 5.41) is 2.19. The minimum Gasteiger partial charge on any atom is -0.348 e. The molecule has 2 unspecified atom stereocenters. The van der Waals surface area contributed by atoms with Crippen molar-refractivity contribution >= 4 is 21.5 Å². The number of hydrogen-bond acceptors (Lipinski definition) is 4. The highest BCUT2D eigenvalue weighted by Crippen LogP contribution is 2.43. The Morgan fingerprint density at radius 3 is 2.35 bits per heavy atom. The fourth-order valence-electron chi connectivity index (χ4n) is 5.17. The van der Waals surface area contributed by atoms with Crippen LogP contribution < -0.4 is 5.32 Å². The molecule has 0 saturated heterocycles. The molecule has 0 aromatic heterocycles. The highest BCUT2D eigenvalue weighted by molar-refractivity contribution is 7.92. The smallest absolute Gasteiger partial charge is 0.251 e. The molecule has 0 saturated carbocycles. The number of rotatable bonds is 2. The number of nitrogens with one attached hydrogen (secondary N) is 1. The van der Waals surface area contributed by atoms with Crippen molar-refractivity contribution in [2.75, 3.05) is 0 Å². The van der Waals surface area contributed by atoms with Gasteiger partial charge in [0.15, 0.2) is 15.6 Å². The third-order valence-electron chi connectivity index (χ3n) is 6.78. The van der Waals surface area contributed by atoms with Gasteiger partial charge in [-0.2, -0.15) is 0 Å². The van der Waals surface area contributed by atoms with Crippen LogP contribution in [-0.4, -0.2) is 20.1 Å². The molecule has 3 aromatic rings. The molecule has 2 atom stereocenters. The van der Waals surface area contributed by atoms with Gasteiger partial charge < -0.3 is 5.32 Å². The minimum atomic E-state index is -3.43. The number of hydrogen-bond donors (Lipinski definition) is 1. The molecule has 0 fully saturated rings. The molecular formula is C25H19NO4S. The molecule has 3 aromatic carbocycles. The summed E-state index contributed by atoms with van der Waals surface area (Å²) < 4.78 is 26.1. The van der Waals surface area contributed by atoms with Crippen molar-refractivity contribution in [3.05, 3.63) is 99.6 Å². The van der Waals surface area contributed by atoms with Gasteiger partial charge in [0.25, 0.3) is 5.91 Å². The van der Waals surface area contributed by atoms with E-state index in [1.165, 1.54) is 0 Å². The van der Waals surface area contributed by atoms with Gasteiger partial charge in [-0.25, -0.2) is 8.42 Å². The first-order chi connectivity index (χ1) is 14.9. The van der Waals surface area contributed by atoms with Gasteiger partial charge in [0, 0.05) is 17.7 Å². The number of sulfone groups is 1. The second-order valence-electron chi connectivity index (χ2n) is 8.48. The second kappa shape index (κ2) is 6.37. The minimum absolute atomic E-state index is 0.0522. The van der Waals surface area contributed by atoms with E-state index in [0.29, 0.717) is 35.4 Å². The fourth-order valence-corrected chi connectivity index (χ4v) is 7.17. The number of fused-ring (bicyclic) bond motifs is 3. The van der Waals surface area contributed by atoms with E-state index in [1.807, 2.05) is 30.3 Å². The molecule has 0 bridgehead atoms. The summed E-state index contributed by atoms with van der Waals surface area (Å²) in [6.45, 7) is 0.486. The molecule has 5 nitrogen and oxygen atoms in total. The quantitative estimate of drug-likeness (QED) is 0.676. The zero-order chi connectivity index (χ0) is 21.3. The van der Waals surface area contributed by atoms with E-state index in [1.54, 1.807) is 30.3 Å². The number of benzene rings is 3. The van der Waals surface area contributed by atoms with Crippen LogP contribution in [0.15, 0.2) is 65.6 Å². The number of carbonyl (C=O) groups excluding carboxylic acids is 2. The molecule has 6 rings (SSSR count). The molecule has 0 spiro atoms. The summed E-state index contributed by atoms with van der Waals surface area (Å²) in [5.41, 5.74) is 5.64. The first kappa shape index (κ1) is 18.5. The van der Waals surface area contributed by atoms with Gasteiger partial charge in [0.1, 0.15) is 0 Å². The predicted molar refractivity (Wildman–Crippen MR) is 115 cm³/mol. The summed E-state index contributed by atoms with van der Waals surface area (Å²) in [6, 6.07) is 18.2. The normalized spacial score (nSPS) is 22.7. The summed E-state index contributed by atoms with van der Waals surface area (Å²) >= 11 is 0. The van der Waals surface area contributed by atoms with Crippen LogP contribution in [0.3, 0.4) is 0 Å². The molecule has 0 radical (unpaired) electrons. The van der Waals surface area contributed by atoms with E-state index in [9.17, 15) is 18.0 Å². The lowest BCUT2D eigenvalue weighted by molar-refractivity contribution is 0.0961. The molecule has 2 heterocycles. The Morgan fingerprint density at radius 2 is 1.52 bits per heavy atom. The molecular weight excluding hydrogens is 410 g/mol. The van der Waals surface area contributed by atoms with Crippen molar-refractivity contribution in [2.45, 2.75) is 35.4 Å². The monoisotopic (exact) mass is 429 g/mol. The third kappa shape index (κ3) is 2.64.